The minimum Gasteiger partial charge on any atom is -0.307 e. The number of benzene rings is 3. The fraction of sp³-hybridized carbons (Fsp3) is 0.200. The number of anilines is 2. The summed E-state index contributed by atoms with van der Waals surface area (Å²) in [6.07, 6.45) is 0. The molecule has 0 unspecified atom stereocenters. The summed E-state index contributed by atoms with van der Waals surface area (Å²) in [6, 6.07) is 23.5. The molecule has 5 nitrogen and oxygen atoms in total. The first-order valence-corrected chi connectivity index (χ1v) is 10.1. The largest absolute Gasteiger partial charge is 0.324 e. The van der Waals surface area contributed by atoms with Crippen molar-refractivity contribution in [1.29, 1.82) is 0 Å². The minimum atomic E-state index is -0.304. The van der Waals surface area contributed by atoms with Gasteiger partial charge in [0.2, 0.25) is 0 Å². The van der Waals surface area contributed by atoms with Gasteiger partial charge in [0.25, 0.3) is 0 Å². The lowest BCUT2D eigenvalue weighted by Crippen LogP contribution is -2.21. The molecule has 152 valence electrons. The van der Waals surface area contributed by atoms with Crippen LogP contribution in [0.15, 0.2) is 72.8 Å². The normalized spacial score (nSPS) is 11.5. The van der Waals surface area contributed by atoms with Gasteiger partial charge in [0.05, 0.1) is 17.1 Å². The lowest BCUT2D eigenvalue weighted by molar-refractivity contribution is 0.262. The number of hydrogen-bond acceptors (Lipinski definition) is 2. The van der Waals surface area contributed by atoms with Gasteiger partial charge in [-0.25, -0.2) is 9.48 Å². The Morgan fingerprint density at radius 1 is 0.900 bits per heavy atom. The molecule has 2 N–H and O–H groups in total. The van der Waals surface area contributed by atoms with Gasteiger partial charge in [-0.05, 0) is 30.0 Å². The highest BCUT2D eigenvalue weighted by Crippen LogP contribution is 2.28. The maximum atomic E-state index is 12.9. The second kappa shape index (κ2) is 7.67. The Morgan fingerprint density at radius 2 is 1.60 bits per heavy atom. The smallest absolute Gasteiger partial charge is 0.307 e. The van der Waals surface area contributed by atoms with E-state index in [1.165, 1.54) is 0 Å². The second-order valence-electron chi connectivity index (χ2n) is 8.47. The van der Waals surface area contributed by atoms with Gasteiger partial charge < -0.3 is 5.32 Å². The van der Waals surface area contributed by atoms with E-state index in [9.17, 15) is 4.79 Å². The molecule has 1 heterocycles. The van der Waals surface area contributed by atoms with Crippen LogP contribution < -0.4 is 10.6 Å². The van der Waals surface area contributed by atoms with Gasteiger partial charge in [0.1, 0.15) is 5.82 Å². The van der Waals surface area contributed by atoms with Crippen LogP contribution >= 0.6 is 0 Å². The van der Waals surface area contributed by atoms with E-state index in [0.717, 1.165) is 33.4 Å². The number of nitrogens with one attached hydrogen (secondary N) is 2. The maximum Gasteiger partial charge on any atom is 0.324 e. The average Bonchev–Trinajstić information content (AvgIpc) is 3.12. The van der Waals surface area contributed by atoms with Crippen molar-refractivity contribution >= 4 is 28.3 Å². The standard InChI is InChI=1S/C25H26N4O/c1-17-10-5-8-15-21(17)29-23(16-22(28-29)25(2,3)4)27-24(30)26-20-14-9-12-18-11-6-7-13-19(18)20/h5-16H,1-4H3,(H2,26,27,30). The molecule has 0 radical (unpaired) electrons. The number of aryl methyl sites for hydroxylation is 1. The molecule has 4 aromatic rings. The number of urea groups is 1. The van der Waals surface area contributed by atoms with E-state index in [-0.39, 0.29) is 11.4 Å². The van der Waals surface area contributed by atoms with Crippen molar-refractivity contribution in [3.63, 3.8) is 0 Å². The average molecular weight is 399 g/mol. The Balaban J connectivity index is 1.67. The first-order valence-electron chi connectivity index (χ1n) is 10.1. The van der Waals surface area contributed by atoms with E-state index in [2.05, 4.69) is 31.4 Å². The fourth-order valence-corrected chi connectivity index (χ4v) is 3.43. The quantitative estimate of drug-likeness (QED) is 0.427. The predicted molar refractivity (Wildman–Crippen MR) is 124 cm³/mol. The van der Waals surface area contributed by atoms with Crippen molar-refractivity contribution in [2.45, 2.75) is 33.1 Å². The van der Waals surface area contributed by atoms with Crippen molar-refractivity contribution in [3.8, 4) is 5.69 Å². The van der Waals surface area contributed by atoms with Crippen molar-refractivity contribution < 1.29 is 4.79 Å². The molecule has 30 heavy (non-hydrogen) atoms. The van der Waals surface area contributed by atoms with Crippen LogP contribution in [0, 0.1) is 6.92 Å². The van der Waals surface area contributed by atoms with E-state index in [1.807, 2.05) is 79.7 Å². The molecule has 1 aromatic heterocycles. The molecule has 3 aromatic carbocycles. The molecule has 0 spiro atoms. The number of rotatable bonds is 3. The van der Waals surface area contributed by atoms with Gasteiger partial charge in [-0.15, -0.1) is 0 Å². The van der Waals surface area contributed by atoms with Crippen molar-refractivity contribution in [2.24, 2.45) is 0 Å². The predicted octanol–water partition coefficient (Wildman–Crippen LogP) is 6.28. The van der Waals surface area contributed by atoms with Crippen molar-refractivity contribution in [3.05, 3.63) is 84.1 Å². The Morgan fingerprint density at radius 3 is 2.37 bits per heavy atom. The van der Waals surface area contributed by atoms with E-state index < -0.39 is 0 Å². The van der Waals surface area contributed by atoms with Crippen molar-refractivity contribution in [1.82, 2.24) is 9.78 Å². The number of carbonyl (C=O) groups excluding carboxylic acids is 1. The first kappa shape index (κ1) is 19.7. The number of fused-ring (bicyclic) bond motifs is 1. The molecule has 0 saturated heterocycles. The van der Waals surface area contributed by atoms with Gasteiger partial charge in [0, 0.05) is 16.9 Å². The molecule has 5 heteroatoms. The van der Waals surface area contributed by atoms with Crippen LogP contribution in [-0.2, 0) is 5.41 Å². The summed E-state index contributed by atoms with van der Waals surface area (Å²) in [5.74, 6) is 0.631. The molecule has 0 fully saturated rings. The summed E-state index contributed by atoms with van der Waals surface area (Å²) in [6.45, 7) is 8.36. The number of para-hydroxylation sites is 1. The lowest BCUT2D eigenvalue weighted by Gasteiger charge is -2.14. The van der Waals surface area contributed by atoms with Crippen LogP contribution in [0.3, 0.4) is 0 Å². The molecule has 2 amide bonds. The third-order valence-corrected chi connectivity index (χ3v) is 5.10. The van der Waals surface area contributed by atoms with Gasteiger partial charge in [-0.2, -0.15) is 5.10 Å². The molecule has 0 aliphatic rings. The van der Waals surface area contributed by atoms with Gasteiger partial charge in [-0.1, -0.05) is 75.4 Å². The zero-order valence-corrected chi connectivity index (χ0v) is 17.7. The van der Waals surface area contributed by atoms with Gasteiger partial charge in [0.15, 0.2) is 0 Å². The number of aromatic nitrogens is 2. The number of hydrogen-bond donors (Lipinski definition) is 2. The summed E-state index contributed by atoms with van der Waals surface area (Å²) in [4.78, 5) is 12.9. The van der Waals surface area contributed by atoms with Crippen molar-refractivity contribution in [2.75, 3.05) is 10.6 Å². The van der Waals surface area contributed by atoms with Crippen LogP contribution in [0.4, 0.5) is 16.3 Å². The minimum absolute atomic E-state index is 0.142. The fourth-order valence-electron chi connectivity index (χ4n) is 3.43. The van der Waals surface area contributed by atoms with E-state index in [1.54, 1.807) is 4.68 Å². The van der Waals surface area contributed by atoms with Gasteiger partial charge >= 0.3 is 6.03 Å². The zero-order valence-electron chi connectivity index (χ0n) is 17.7. The molecule has 0 aliphatic heterocycles. The maximum absolute atomic E-state index is 12.9. The Bertz CT molecular complexity index is 1210. The van der Waals surface area contributed by atoms with Crippen LogP contribution in [0.5, 0.6) is 0 Å². The molecule has 0 saturated carbocycles. The Hall–Kier alpha value is -3.60. The summed E-state index contributed by atoms with van der Waals surface area (Å²) < 4.78 is 1.80. The number of amides is 2. The summed E-state index contributed by atoms with van der Waals surface area (Å²) in [5, 5.41) is 12.8. The van der Waals surface area contributed by atoms with Crippen LogP contribution in [-0.4, -0.2) is 15.8 Å². The molecule has 0 bridgehead atoms. The molecule has 0 atom stereocenters. The SMILES string of the molecule is Cc1ccccc1-n1nc(C(C)(C)C)cc1NC(=O)Nc1cccc2ccccc12. The Labute approximate surface area is 176 Å². The van der Waals surface area contributed by atoms with Gasteiger partial charge in [-0.3, -0.25) is 5.32 Å². The highest BCUT2D eigenvalue weighted by molar-refractivity contribution is 6.06. The number of nitrogens with zero attached hydrogens (tertiary/aromatic N) is 2. The third kappa shape index (κ3) is 3.92. The van der Waals surface area contributed by atoms with E-state index >= 15 is 0 Å². The summed E-state index contributed by atoms with van der Waals surface area (Å²) in [5.41, 5.74) is 3.55. The second-order valence-corrected chi connectivity index (χ2v) is 8.47. The van der Waals surface area contributed by atoms with Crippen LogP contribution in [0.2, 0.25) is 0 Å². The van der Waals surface area contributed by atoms with Crippen LogP contribution in [0.25, 0.3) is 16.5 Å². The molecule has 0 aliphatic carbocycles. The first-order chi connectivity index (χ1) is 14.3. The molecule has 4 rings (SSSR count). The highest BCUT2D eigenvalue weighted by Gasteiger charge is 2.22. The van der Waals surface area contributed by atoms with E-state index in [0.29, 0.717) is 5.82 Å². The van der Waals surface area contributed by atoms with E-state index in [4.69, 9.17) is 5.10 Å². The van der Waals surface area contributed by atoms with Crippen LogP contribution in [0.1, 0.15) is 32.0 Å². The topological polar surface area (TPSA) is 59.0 Å². The highest BCUT2D eigenvalue weighted by atomic mass is 16.2. The number of carbonyl (C=O) groups is 1. The molecular weight excluding hydrogens is 372 g/mol. The third-order valence-electron chi connectivity index (χ3n) is 5.10. The summed E-state index contributed by atoms with van der Waals surface area (Å²) in [7, 11) is 0. The summed E-state index contributed by atoms with van der Waals surface area (Å²) >= 11 is 0. The Kier molecular flexibility index (Phi) is 5.04. The lowest BCUT2D eigenvalue weighted by atomic mass is 9.92. The molecular formula is C25H26N4O. The monoisotopic (exact) mass is 398 g/mol. The zero-order chi connectivity index (χ0) is 21.3.